The fourth-order valence-corrected chi connectivity index (χ4v) is 4.21. The van der Waals surface area contributed by atoms with Crippen LogP contribution in [0.3, 0.4) is 0 Å². The smallest absolute Gasteiger partial charge is 0.322 e. The van der Waals surface area contributed by atoms with Crippen LogP contribution >= 0.6 is 15.9 Å². The van der Waals surface area contributed by atoms with E-state index in [2.05, 4.69) is 31.5 Å². The molecule has 7 heteroatoms. The van der Waals surface area contributed by atoms with Gasteiger partial charge in [0, 0.05) is 29.0 Å². The molecule has 3 unspecified atom stereocenters. The molecule has 2 fully saturated rings. The lowest BCUT2D eigenvalue weighted by Gasteiger charge is -2.48. The average Bonchev–Trinajstić information content (AvgIpc) is 2.77. The van der Waals surface area contributed by atoms with Crippen LogP contribution in [0.1, 0.15) is 12.0 Å². The number of benzene rings is 1. The number of likely N-dealkylation sites (tertiary alicyclic amines) is 1. The quantitative estimate of drug-likeness (QED) is 0.677. The van der Waals surface area contributed by atoms with Gasteiger partial charge in [-0.25, -0.2) is 4.79 Å². The van der Waals surface area contributed by atoms with E-state index in [-0.39, 0.29) is 17.9 Å². The number of urea groups is 1. The highest BCUT2D eigenvalue weighted by atomic mass is 79.9. The number of halogens is 1. The van der Waals surface area contributed by atoms with E-state index in [1.54, 1.807) is 0 Å². The monoisotopic (exact) mass is 365 g/mol. The van der Waals surface area contributed by atoms with Gasteiger partial charge in [-0.3, -0.25) is 10.1 Å². The van der Waals surface area contributed by atoms with E-state index < -0.39 is 11.6 Å². The van der Waals surface area contributed by atoms with Crippen molar-refractivity contribution in [3.05, 3.63) is 28.2 Å². The molecule has 3 aliphatic rings. The topological polar surface area (TPSA) is 70.7 Å². The van der Waals surface area contributed by atoms with Gasteiger partial charge in [0.05, 0.1) is 0 Å². The van der Waals surface area contributed by atoms with Crippen LogP contribution in [0.2, 0.25) is 0 Å². The number of nitrogens with one attached hydrogen (secondary N) is 2. The molecule has 1 aromatic carbocycles. The maximum Gasteiger partial charge on any atom is 0.322 e. The first kappa shape index (κ1) is 14.0. The van der Waals surface area contributed by atoms with Crippen LogP contribution in [-0.4, -0.2) is 43.1 Å². The number of piperidine rings is 1. The van der Waals surface area contributed by atoms with Crippen molar-refractivity contribution in [2.45, 2.75) is 18.1 Å². The zero-order valence-electron chi connectivity index (χ0n) is 12.1. The highest BCUT2D eigenvalue weighted by Gasteiger charge is 2.60. The Bertz CT molecular complexity index is 680. The van der Waals surface area contributed by atoms with Crippen LogP contribution in [0.25, 0.3) is 0 Å². The summed E-state index contributed by atoms with van der Waals surface area (Å²) in [6, 6.07) is 5.17. The molecule has 116 valence electrons. The molecule has 0 radical (unpaired) electrons. The number of imide groups is 1. The summed E-state index contributed by atoms with van der Waals surface area (Å²) >= 11 is 3.45. The van der Waals surface area contributed by atoms with E-state index in [1.165, 1.54) is 0 Å². The number of amides is 3. The molecule has 3 heterocycles. The van der Waals surface area contributed by atoms with E-state index >= 15 is 0 Å². The highest BCUT2D eigenvalue weighted by molar-refractivity contribution is 9.10. The van der Waals surface area contributed by atoms with E-state index in [0.29, 0.717) is 12.3 Å². The molecule has 22 heavy (non-hydrogen) atoms. The van der Waals surface area contributed by atoms with Crippen molar-refractivity contribution in [3.8, 4) is 5.75 Å². The highest BCUT2D eigenvalue weighted by Crippen LogP contribution is 2.47. The lowest BCUT2D eigenvalue weighted by molar-refractivity contribution is -0.131. The molecule has 6 nitrogen and oxygen atoms in total. The third kappa shape index (κ3) is 1.82. The molecule has 0 aliphatic carbocycles. The molecule has 3 aliphatic heterocycles. The third-order valence-electron chi connectivity index (χ3n) is 4.85. The minimum absolute atomic E-state index is 0.0750. The first-order valence-corrected chi connectivity index (χ1v) is 8.09. The number of nitrogens with zero attached hydrogens (tertiary/aromatic N) is 1. The van der Waals surface area contributed by atoms with Crippen molar-refractivity contribution in [1.82, 2.24) is 15.5 Å². The zero-order chi connectivity index (χ0) is 15.5. The summed E-state index contributed by atoms with van der Waals surface area (Å²) < 4.78 is 6.98. The minimum atomic E-state index is -1.05. The average molecular weight is 366 g/mol. The van der Waals surface area contributed by atoms with Crippen molar-refractivity contribution >= 4 is 27.9 Å². The standard InChI is InChI=1S/C15H16BrN3O3/c1-19-5-4-12-10(7-19)15(13(20)17-14(21)18-15)9-6-8(16)2-3-11(9)22-12/h2-3,6,10,12H,4-5,7H2,1H3,(H2,17,18,20,21). The SMILES string of the molecule is CN1CCC2Oc3ccc(Br)cc3C3(NC(=O)NC3=O)C2C1. The number of carbonyl (C=O) groups excluding carboxylic acids is 2. The second kappa shape index (κ2) is 4.70. The summed E-state index contributed by atoms with van der Waals surface area (Å²) in [5, 5.41) is 5.30. The summed E-state index contributed by atoms with van der Waals surface area (Å²) in [4.78, 5) is 26.8. The molecule has 0 bridgehead atoms. The van der Waals surface area contributed by atoms with Gasteiger partial charge in [-0.05, 0) is 31.7 Å². The van der Waals surface area contributed by atoms with Gasteiger partial charge in [0.15, 0.2) is 5.54 Å². The van der Waals surface area contributed by atoms with Crippen LogP contribution in [0.15, 0.2) is 22.7 Å². The summed E-state index contributed by atoms with van der Waals surface area (Å²) in [6.45, 7) is 1.61. The molecule has 2 saturated heterocycles. The summed E-state index contributed by atoms with van der Waals surface area (Å²) in [6.07, 6.45) is 0.760. The van der Waals surface area contributed by atoms with Crippen molar-refractivity contribution in [2.75, 3.05) is 20.1 Å². The maximum atomic E-state index is 12.7. The maximum absolute atomic E-state index is 12.7. The number of fused-ring (bicyclic) bond motifs is 4. The molecule has 3 amide bonds. The molecule has 1 spiro atoms. The molecule has 2 N–H and O–H groups in total. The minimum Gasteiger partial charge on any atom is -0.490 e. The molecule has 0 aromatic heterocycles. The molecule has 3 atom stereocenters. The molecule has 0 saturated carbocycles. The Kier molecular flexibility index (Phi) is 2.99. The number of rotatable bonds is 0. The van der Waals surface area contributed by atoms with Gasteiger partial charge in [-0.1, -0.05) is 15.9 Å². The lowest BCUT2D eigenvalue weighted by Crippen LogP contribution is -2.63. The molecule has 1 aromatic rings. The first-order chi connectivity index (χ1) is 10.5. The van der Waals surface area contributed by atoms with Crippen LogP contribution in [0.4, 0.5) is 4.79 Å². The molecular weight excluding hydrogens is 350 g/mol. The van der Waals surface area contributed by atoms with Gasteiger partial charge >= 0.3 is 6.03 Å². The lowest BCUT2D eigenvalue weighted by atomic mass is 9.70. The Balaban J connectivity index is 1.92. The van der Waals surface area contributed by atoms with E-state index in [4.69, 9.17) is 4.74 Å². The first-order valence-electron chi connectivity index (χ1n) is 7.29. The predicted octanol–water partition coefficient (Wildman–Crippen LogP) is 1.20. The number of ether oxygens (including phenoxy) is 1. The Morgan fingerprint density at radius 1 is 1.41 bits per heavy atom. The van der Waals surface area contributed by atoms with Gasteiger partial charge in [0.2, 0.25) is 0 Å². The fraction of sp³-hybridized carbons (Fsp3) is 0.467. The Morgan fingerprint density at radius 2 is 2.23 bits per heavy atom. The van der Waals surface area contributed by atoms with E-state index in [9.17, 15) is 9.59 Å². The second-order valence-corrected chi connectivity index (χ2v) is 7.09. The van der Waals surface area contributed by atoms with Gasteiger partial charge in [0.25, 0.3) is 5.91 Å². The van der Waals surface area contributed by atoms with E-state index in [0.717, 1.165) is 23.0 Å². The third-order valence-corrected chi connectivity index (χ3v) is 5.34. The van der Waals surface area contributed by atoms with Gasteiger partial charge < -0.3 is 15.0 Å². The Labute approximate surface area is 136 Å². The number of hydrogen-bond donors (Lipinski definition) is 2. The van der Waals surface area contributed by atoms with Gasteiger partial charge in [-0.2, -0.15) is 0 Å². The predicted molar refractivity (Wildman–Crippen MR) is 82.5 cm³/mol. The summed E-state index contributed by atoms with van der Waals surface area (Å²) in [7, 11) is 2.02. The van der Waals surface area contributed by atoms with Gasteiger partial charge in [-0.15, -0.1) is 0 Å². The zero-order valence-corrected chi connectivity index (χ0v) is 13.6. The second-order valence-electron chi connectivity index (χ2n) is 6.17. The van der Waals surface area contributed by atoms with Crippen LogP contribution < -0.4 is 15.4 Å². The van der Waals surface area contributed by atoms with Crippen molar-refractivity contribution in [3.63, 3.8) is 0 Å². The normalized spacial score (nSPS) is 33.7. The van der Waals surface area contributed by atoms with Crippen molar-refractivity contribution < 1.29 is 14.3 Å². The number of carbonyl (C=O) groups is 2. The molecule has 4 rings (SSSR count). The van der Waals surface area contributed by atoms with Crippen molar-refractivity contribution in [2.24, 2.45) is 5.92 Å². The fourth-order valence-electron chi connectivity index (χ4n) is 3.85. The number of hydrogen-bond acceptors (Lipinski definition) is 4. The van der Waals surface area contributed by atoms with E-state index in [1.807, 2.05) is 25.2 Å². The Morgan fingerprint density at radius 3 is 2.95 bits per heavy atom. The molecular formula is C15H16BrN3O3. The Hall–Kier alpha value is -1.60. The van der Waals surface area contributed by atoms with Crippen molar-refractivity contribution in [1.29, 1.82) is 0 Å². The largest absolute Gasteiger partial charge is 0.490 e. The summed E-state index contributed by atoms with van der Waals surface area (Å²) in [5.74, 6) is 0.274. The summed E-state index contributed by atoms with van der Waals surface area (Å²) in [5.41, 5.74) is -0.324. The van der Waals surface area contributed by atoms with Crippen LogP contribution in [0, 0.1) is 5.92 Å². The van der Waals surface area contributed by atoms with Gasteiger partial charge in [0.1, 0.15) is 11.9 Å². The van der Waals surface area contributed by atoms with Crippen LogP contribution in [-0.2, 0) is 10.3 Å². The van der Waals surface area contributed by atoms with Crippen LogP contribution in [0.5, 0.6) is 5.75 Å².